The molecule has 0 aliphatic heterocycles. The third-order valence-corrected chi connectivity index (χ3v) is 2.62. The van der Waals surface area contributed by atoms with E-state index in [9.17, 15) is 4.79 Å². The fraction of sp³-hybridized carbons (Fsp3) is 0.333. The molecule has 2 rings (SSSR count). The molecular formula is C9H10BrN3O2. The summed E-state index contributed by atoms with van der Waals surface area (Å²) >= 11 is 3.36. The van der Waals surface area contributed by atoms with Crippen LogP contribution >= 0.6 is 15.9 Å². The molecule has 2 heterocycles. The molecule has 5 nitrogen and oxygen atoms in total. The maximum absolute atomic E-state index is 11.7. The summed E-state index contributed by atoms with van der Waals surface area (Å²) in [6.07, 6.45) is 3.28. The van der Waals surface area contributed by atoms with Gasteiger partial charge in [-0.05, 0) is 22.9 Å². The van der Waals surface area contributed by atoms with Gasteiger partial charge in [-0.25, -0.2) is 0 Å². The summed E-state index contributed by atoms with van der Waals surface area (Å²) in [7, 11) is 1.70. The molecule has 0 aromatic carbocycles. The molecule has 0 aliphatic rings. The second-order valence-corrected chi connectivity index (χ2v) is 3.96. The van der Waals surface area contributed by atoms with Crippen molar-refractivity contribution in [2.75, 3.05) is 6.61 Å². The second-order valence-electron chi connectivity index (χ2n) is 3.10. The van der Waals surface area contributed by atoms with Crippen molar-refractivity contribution < 1.29 is 4.84 Å². The lowest BCUT2D eigenvalue weighted by Gasteiger charge is -1.98. The Morgan fingerprint density at radius 2 is 2.27 bits per heavy atom. The van der Waals surface area contributed by atoms with Crippen molar-refractivity contribution in [1.82, 2.24) is 14.5 Å². The van der Waals surface area contributed by atoms with Crippen LogP contribution in [0.15, 0.2) is 21.7 Å². The van der Waals surface area contributed by atoms with E-state index in [1.807, 2.05) is 6.92 Å². The minimum Gasteiger partial charge on any atom is -0.397 e. The predicted molar refractivity (Wildman–Crippen MR) is 59.8 cm³/mol. The SMILES string of the molecule is CCOn1cc2c(=O)n(C)cc(Br)c2n1. The Labute approximate surface area is 94.3 Å². The standard InChI is InChI=1S/C9H10BrN3O2/c1-3-15-13-4-6-8(11-13)7(10)5-12(2)9(6)14/h4-5H,3H2,1-2H3. The van der Waals surface area contributed by atoms with Gasteiger partial charge in [0.1, 0.15) is 12.1 Å². The van der Waals surface area contributed by atoms with E-state index in [0.29, 0.717) is 17.5 Å². The van der Waals surface area contributed by atoms with Gasteiger partial charge in [-0.1, -0.05) is 0 Å². The maximum atomic E-state index is 11.7. The van der Waals surface area contributed by atoms with Gasteiger partial charge in [0.05, 0.1) is 16.1 Å². The van der Waals surface area contributed by atoms with Crippen molar-refractivity contribution in [3.8, 4) is 0 Å². The molecule has 0 amide bonds. The number of hydrogen-bond acceptors (Lipinski definition) is 3. The zero-order chi connectivity index (χ0) is 11.0. The third-order valence-electron chi connectivity index (χ3n) is 2.04. The summed E-state index contributed by atoms with van der Waals surface area (Å²) in [5.41, 5.74) is 0.533. The number of halogens is 1. The van der Waals surface area contributed by atoms with Crippen molar-refractivity contribution in [3.63, 3.8) is 0 Å². The van der Waals surface area contributed by atoms with Crippen molar-refractivity contribution in [2.24, 2.45) is 7.05 Å². The van der Waals surface area contributed by atoms with E-state index < -0.39 is 0 Å². The highest BCUT2D eigenvalue weighted by Crippen LogP contribution is 2.18. The lowest BCUT2D eigenvalue weighted by Crippen LogP contribution is -2.15. The maximum Gasteiger partial charge on any atom is 0.261 e. The molecule has 80 valence electrons. The quantitative estimate of drug-likeness (QED) is 0.817. The number of nitrogens with zero attached hydrogens (tertiary/aromatic N) is 3. The molecular weight excluding hydrogens is 262 g/mol. The number of hydrogen-bond donors (Lipinski definition) is 0. The topological polar surface area (TPSA) is 49.0 Å². The Hall–Kier alpha value is -1.30. The van der Waals surface area contributed by atoms with Crippen LogP contribution in [0.25, 0.3) is 10.9 Å². The Kier molecular flexibility index (Phi) is 2.52. The Morgan fingerprint density at radius 3 is 2.93 bits per heavy atom. The average molecular weight is 272 g/mol. The van der Waals surface area contributed by atoms with Crippen LogP contribution in [-0.4, -0.2) is 21.1 Å². The molecule has 0 radical (unpaired) electrons. The molecule has 0 unspecified atom stereocenters. The first-order chi connectivity index (χ1) is 7.13. The molecule has 0 saturated heterocycles. The van der Waals surface area contributed by atoms with E-state index >= 15 is 0 Å². The molecule has 0 bridgehead atoms. The van der Waals surface area contributed by atoms with E-state index in [4.69, 9.17) is 4.84 Å². The van der Waals surface area contributed by atoms with Gasteiger partial charge in [-0.3, -0.25) is 4.79 Å². The van der Waals surface area contributed by atoms with E-state index in [1.54, 1.807) is 19.4 Å². The van der Waals surface area contributed by atoms with Gasteiger partial charge in [0.25, 0.3) is 5.56 Å². The average Bonchev–Trinajstić information content (AvgIpc) is 2.60. The smallest absolute Gasteiger partial charge is 0.261 e. The van der Waals surface area contributed by atoms with Crippen molar-refractivity contribution in [2.45, 2.75) is 6.92 Å². The summed E-state index contributed by atoms with van der Waals surface area (Å²) in [5.74, 6) is 0. The number of pyridine rings is 1. The van der Waals surface area contributed by atoms with Gasteiger partial charge in [0, 0.05) is 13.2 Å². The zero-order valence-corrected chi connectivity index (χ0v) is 9.98. The first kappa shape index (κ1) is 10.2. The molecule has 0 aliphatic carbocycles. The summed E-state index contributed by atoms with van der Waals surface area (Å²) < 4.78 is 2.28. The normalized spacial score (nSPS) is 10.9. The molecule has 0 spiro atoms. The minimum atomic E-state index is -0.0841. The molecule has 2 aromatic heterocycles. The van der Waals surface area contributed by atoms with Crippen LogP contribution in [0.2, 0.25) is 0 Å². The van der Waals surface area contributed by atoms with Crippen LogP contribution in [0.5, 0.6) is 0 Å². The Balaban J connectivity index is 2.74. The summed E-state index contributed by atoms with van der Waals surface area (Å²) in [6, 6.07) is 0. The monoisotopic (exact) mass is 271 g/mol. The Bertz CT molecular complexity index is 558. The zero-order valence-electron chi connectivity index (χ0n) is 8.40. The molecule has 6 heteroatoms. The van der Waals surface area contributed by atoms with E-state index in [2.05, 4.69) is 21.0 Å². The van der Waals surface area contributed by atoms with Gasteiger partial charge < -0.3 is 9.40 Å². The highest BCUT2D eigenvalue weighted by molar-refractivity contribution is 9.10. The first-order valence-electron chi connectivity index (χ1n) is 4.51. The van der Waals surface area contributed by atoms with E-state index in [0.717, 1.165) is 4.47 Å². The lowest BCUT2D eigenvalue weighted by molar-refractivity contribution is 0.0944. The van der Waals surface area contributed by atoms with Crippen LogP contribution in [-0.2, 0) is 7.05 Å². The molecule has 2 aromatic rings. The van der Waals surface area contributed by atoms with Crippen molar-refractivity contribution >= 4 is 26.8 Å². The number of aryl methyl sites for hydroxylation is 1. The van der Waals surface area contributed by atoms with Crippen LogP contribution < -0.4 is 10.4 Å². The largest absolute Gasteiger partial charge is 0.397 e. The predicted octanol–water partition coefficient (Wildman–Crippen LogP) is 0.946. The molecule has 0 N–H and O–H groups in total. The van der Waals surface area contributed by atoms with Crippen LogP contribution in [0.4, 0.5) is 0 Å². The minimum absolute atomic E-state index is 0.0841. The fourth-order valence-electron chi connectivity index (χ4n) is 1.36. The van der Waals surface area contributed by atoms with Crippen LogP contribution in [0, 0.1) is 0 Å². The highest BCUT2D eigenvalue weighted by Gasteiger charge is 2.10. The lowest BCUT2D eigenvalue weighted by atomic mass is 10.3. The van der Waals surface area contributed by atoms with Crippen molar-refractivity contribution in [1.29, 1.82) is 0 Å². The van der Waals surface area contributed by atoms with Gasteiger partial charge in [0.15, 0.2) is 0 Å². The fourth-order valence-corrected chi connectivity index (χ4v) is 1.96. The van der Waals surface area contributed by atoms with Gasteiger partial charge in [-0.15, -0.1) is 9.94 Å². The number of aromatic nitrogens is 3. The third kappa shape index (κ3) is 1.65. The second kappa shape index (κ2) is 3.69. The molecule has 0 saturated carbocycles. The summed E-state index contributed by atoms with van der Waals surface area (Å²) in [6.45, 7) is 2.37. The molecule has 15 heavy (non-hydrogen) atoms. The van der Waals surface area contributed by atoms with Gasteiger partial charge in [-0.2, -0.15) is 0 Å². The van der Waals surface area contributed by atoms with Gasteiger partial charge in [0.2, 0.25) is 0 Å². The number of rotatable bonds is 2. The summed E-state index contributed by atoms with van der Waals surface area (Å²) in [4.78, 5) is 18.2. The Morgan fingerprint density at radius 1 is 1.53 bits per heavy atom. The van der Waals surface area contributed by atoms with Crippen LogP contribution in [0.1, 0.15) is 6.92 Å². The molecule has 0 atom stereocenters. The van der Waals surface area contributed by atoms with Gasteiger partial charge >= 0.3 is 0 Å². The summed E-state index contributed by atoms with van der Waals surface area (Å²) in [5, 5.41) is 4.68. The van der Waals surface area contributed by atoms with Crippen molar-refractivity contribution in [3.05, 3.63) is 27.2 Å². The van der Waals surface area contributed by atoms with Crippen LogP contribution in [0.3, 0.4) is 0 Å². The first-order valence-corrected chi connectivity index (χ1v) is 5.30. The highest BCUT2D eigenvalue weighted by atomic mass is 79.9. The number of fused-ring (bicyclic) bond motifs is 1. The van der Waals surface area contributed by atoms with E-state index in [1.165, 1.54) is 9.41 Å². The van der Waals surface area contributed by atoms with E-state index in [-0.39, 0.29) is 5.56 Å². The molecule has 0 fully saturated rings.